The van der Waals surface area contributed by atoms with Gasteiger partial charge in [-0.25, -0.2) is 31.1 Å². The minimum Gasteiger partial charge on any atom is -0.481 e. The van der Waals surface area contributed by atoms with Crippen molar-refractivity contribution in [3.8, 4) is 0 Å². The van der Waals surface area contributed by atoms with Crippen molar-refractivity contribution in [1.29, 1.82) is 0 Å². The molecular weight excluding hydrogens is 1200 g/mol. The average Bonchev–Trinajstić information content (AvgIpc) is 1.59. The highest BCUT2D eigenvalue weighted by Gasteiger charge is 2.61. The fraction of sp³-hybridized carbons (Fsp3) is 0.609. The molecule has 90 heavy (non-hydrogen) atoms. The Morgan fingerprint density at radius 1 is 0.600 bits per heavy atom. The molecule has 0 unspecified atom stereocenters. The molecule has 4 atom stereocenters. The second-order valence-electron chi connectivity index (χ2n) is 24.9. The topological polar surface area (TPSA) is 348 Å². The van der Waals surface area contributed by atoms with Gasteiger partial charge in [0, 0.05) is 44.1 Å². The summed E-state index contributed by atoms with van der Waals surface area (Å²) in [7, 11) is -7.52. The Labute approximate surface area is 530 Å². The van der Waals surface area contributed by atoms with Crippen molar-refractivity contribution < 1.29 is 74.6 Å². The van der Waals surface area contributed by atoms with Crippen LogP contribution in [0.4, 0.5) is 16.2 Å². The van der Waals surface area contributed by atoms with Gasteiger partial charge in [0.1, 0.15) is 33.0 Å². The van der Waals surface area contributed by atoms with Crippen LogP contribution in [0.15, 0.2) is 83.6 Å². The first kappa shape index (κ1) is 73.5. The molecular formula is C64H94N8O16S2. The van der Waals surface area contributed by atoms with E-state index in [-0.39, 0.29) is 90.1 Å². The smallest absolute Gasteiger partial charge is 0.410 e. The van der Waals surface area contributed by atoms with Gasteiger partial charge in [-0.05, 0) is 128 Å². The van der Waals surface area contributed by atoms with Crippen LogP contribution in [0, 0.1) is 23.7 Å². The van der Waals surface area contributed by atoms with E-state index in [4.69, 9.17) is 9.84 Å². The molecule has 2 aromatic carbocycles. The van der Waals surface area contributed by atoms with E-state index in [1.54, 1.807) is 32.9 Å². The first-order valence-electron chi connectivity index (χ1n) is 31.4. The number of hydrogen-bond acceptors (Lipinski definition) is 16. The first-order chi connectivity index (χ1) is 42.7. The number of carboxylic acids is 1. The van der Waals surface area contributed by atoms with Gasteiger partial charge >= 0.3 is 18.0 Å². The molecule has 8 N–H and O–H groups in total. The lowest BCUT2D eigenvalue weighted by Crippen LogP contribution is -2.54. The zero-order valence-corrected chi connectivity index (χ0v) is 54.3. The number of aliphatic carboxylic acids is 1. The number of sulfonamides is 2. The van der Waals surface area contributed by atoms with Gasteiger partial charge in [-0.15, -0.1) is 13.2 Å². The summed E-state index contributed by atoms with van der Waals surface area (Å²) in [4.78, 5) is 114. The van der Waals surface area contributed by atoms with Gasteiger partial charge in [-0.3, -0.25) is 43.3 Å². The number of rotatable bonds is 36. The molecule has 0 spiro atoms. The summed E-state index contributed by atoms with van der Waals surface area (Å²) in [5.74, 6) is -4.81. The van der Waals surface area contributed by atoms with Crippen LogP contribution in [0.25, 0.3) is 0 Å². The maximum absolute atomic E-state index is 13.6. The number of nitrogens with one attached hydrogen (secondary N) is 7. The summed E-state index contributed by atoms with van der Waals surface area (Å²) in [6.45, 7) is 13.4. The van der Waals surface area contributed by atoms with Gasteiger partial charge in [0.25, 0.3) is 31.9 Å². The van der Waals surface area contributed by atoms with Crippen molar-refractivity contribution >= 4 is 84.9 Å². The predicted molar refractivity (Wildman–Crippen MR) is 338 cm³/mol. The zero-order chi connectivity index (χ0) is 66.1. The lowest BCUT2D eigenvalue weighted by molar-refractivity contribution is -0.141. The van der Waals surface area contributed by atoms with Gasteiger partial charge in [0.2, 0.25) is 23.6 Å². The second-order valence-corrected chi connectivity index (χ2v) is 28.2. The maximum atomic E-state index is 13.6. The Bertz CT molecular complexity index is 3090. The van der Waals surface area contributed by atoms with E-state index in [0.29, 0.717) is 44.6 Å². The summed E-state index contributed by atoms with van der Waals surface area (Å²) in [6.07, 6.45) is 19.4. The van der Waals surface area contributed by atoms with Crippen molar-refractivity contribution in [1.82, 2.24) is 30.3 Å². The van der Waals surface area contributed by atoms with E-state index in [1.807, 2.05) is 0 Å². The van der Waals surface area contributed by atoms with Crippen LogP contribution in [0.5, 0.6) is 0 Å². The average molecular weight is 1300 g/mol. The van der Waals surface area contributed by atoms with Crippen molar-refractivity contribution in [2.75, 3.05) is 43.9 Å². The fourth-order valence-corrected chi connectivity index (χ4v) is 13.7. The van der Waals surface area contributed by atoms with Crippen LogP contribution in [0.2, 0.25) is 0 Å². The van der Waals surface area contributed by atoms with E-state index >= 15 is 0 Å². The molecule has 0 saturated heterocycles. The third-order valence-electron chi connectivity index (χ3n) is 16.4. The maximum Gasteiger partial charge on any atom is 0.410 e. The first-order valence-corrected chi connectivity index (χ1v) is 34.4. The van der Waals surface area contributed by atoms with Crippen LogP contribution in [0.3, 0.4) is 0 Å². The Morgan fingerprint density at radius 2 is 1.02 bits per heavy atom. The van der Waals surface area contributed by atoms with Crippen molar-refractivity contribution in [2.24, 2.45) is 23.7 Å². The lowest BCUT2D eigenvalue weighted by atomic mass is 10.1. The lowest BCUT2D eigenvalue weighted by Gasteiger charge is -2.29. The van der Waals surface area contributed by atoms with Crippen LogP contribution in [0.1, 0.15) is 175 Å². The molecule has 0 bridgehead atoms. The molecule has 7 amide bonds. The Hall–Kier alpha value is -7.19. The standard InChI is InChI=1S/C35H52N4O9S.C29H42N4O7S/c1-6-26-22-35(26,37-30(41)24-39(23-25-16-12-13-17-25)33(44)48-34(2,3)4)32(43)38-49(45,46)28-19-15-14-18-27(28)36-29(40)20-10-8-7-9-11-21-31(42)47-5;1-2-22-18-29(22,32-26(35)20-30-19-21-12-8-9-13-21)28(38)33-41(39,40)24-15-11-10-14-23(24)31-25(34)16-6-4-3-5-7-17-27(36)37/h6,14-15,18-19,25-26H,1,7-13,16-17,20-24H2,2-5H3,(H,36,40)(H,37,41)(H,38,43);2,10-11,14-15,21-22,30H,1,3-9,12-13,16-20H2,(H,31,34)(H,32,35)(H,33,38)(H,36,37)/t26-,35-;22-,29-/m11/s1. The van der Waals surface area contributed by atoms with Gasteiger partial charge in [0.05, 0.1) is 25.0 Å². The normalized spacial score (nSPS) is 19.6. The second kappa shape index (κ2) is 34.9. The Balaban J connectivity index is 0.000000332. The fourth-order valence-electron chi connectivity index (χ4n) is 11.3. The molecule has 0 aromatic heterocycles. The molecule has 24 nitrogen and oxygen atoms in total. The van der Waals surface area contributed by atoms with E-state index in [0.717, 1.165) is 83.6 Å². The summed E-state index contributed by atoms with van der Waals surface area (Å²) >= 11 is 0. The van der Waals surface area contributed by atoms with Gasteiger partial charge in [-0.1, -0.05) is 101 Å². The molecule has 0 radical (unpaired) electrons. The molecule has 0 heterocycles. The van der Waals surface area contributed by atoms with E-state index in [2.05, 4.69) is 53.9 Å². The number of carboxylic acid groups (broad SMARTS) is 1. The molecule has 4 aliphatic carbocycles. The number of hydrogen-bond donors (Lipinski definition) is 8. The van der Waals surface area contributed by atoms with E-state index < -0.39 is 84.3 Å². The SMILES string of the molecule is C=C[C@@H]1C[C@]1(NC(=O)CN(CC1CCCC1)C(=O)OC(C)(C)C)C(=O)NS(=O)(=O)c1ccccc1NC(=O)CCCCCCCC(=O)OC.C=C[C@@H]1C[C@]1(NC(=O)CNCC1CCCC1)C(=O)NS(=O)(=O)c1ccccc1NC(=O)CCCCCCCC(=O)O. The summed E-state index contributed by atoms with van der Waals surface area (Å²) < 4.78 is 67.9. The number of unbranched alkanes of at least 4 members (excludes halogenated alkanes) is 8. The number of nitrogens with zero attached hydrogens (tertiary/aromatic N) is 1. The number of para-hydroxylation sites is 2. The minimum absolute atomic E-state index is 0.0138. The van der Waals surface area contributed by atoms with E-state index in [1.165, 1.54) is 73.4 Å². The van der Waals surface area contributed by atoms with Crippen molar-refractivity contribution in [3.05, 3.63) is 73.8 Å². The quantitative estimate of drug-likeness (QED) is 0.0182. The van der Waals surface area contributed by atoms with Crippen LogP contribution in [-0.2, 0) is 67.9 Å². The van der Waals surface area contributed by atoms with Crippen LogP contribution < -0.4 is 36.0 Å². The summed E-state index contributed by atoms with van der Waals surface area (Å²) in [5, 5.41) is 22.5. The number of carbonyl (C=O) groups is 9. The molecule has 498 valence electrons. The van der Waals surface area contributed by atoms with Gasteiger partial charge < -0.3 is 41.2 Å². The highest BCUT2D eigenvalue weighted by Crippen LogP contribution is 2.46. The number of amides is 7. The molecule has 26 heteroatoms. The van der Waals surface area contributed by atoms with Gasteiger partial charge in [-0.2, -0.15) is 0 Å². The van der Waals surface area contributed by atoms with E-state index in [9.17, 15) is 60.0 Å². The summed E-state index contributed by atoms with van der Waals surface area (Å²) in [5.41, 5.74) is -3.69. The largest absolute Gasteiger partial charge is 0.481 e. The minimum atomic E-state index is -4.49. The predicted octanol–water partition coefficient (Wildman–Crippen LogP) is 7.91. The number of anilines is 2. The summed E-state index contributed by atoms with van der Waals surface area (Å²) in [6, 6.07) is 11.6. The zero-order valence-electron chi connectivity index (χ0n) is 52.6. The number of benzene rings is 2. The Morgan fingerprint density at radius 3 is 1.46 bits per heavy atom. The van der Waals surface area contributed by atoms with Gasteiger partial charge in [0.15, 0.2) is 0 Å². The number of methoxy groups -OCH3 is 1. The van der Waals surface area contributed by atoms with Crippen molar-refractivity contribution in [3.63, 3.8) is 0 Å². The third-order valence-corrected chi connectivity index (χ3v) is 19.2. The third kappa shape index (κ3) is 23.6. The molecule has 6 rings (SSSR count). The molecule has 4 saturated carbocycles. The van der Waals surface area contributed by atoms with Crippen molar-refractivity contribution in [2.45, 2.75) is 201 Å². The number of esters is 1. The highest BCUT2D eigenvalue weighted by atomic mass is 32.2. The highest BCUT2D eigenvalue weighted by molar-refractivity contribution is 7.90. The molecule has 0 aliphatic heterocycles. The van der Waals surface area contributed by atoms with Crippen LogP contribution in [-0.4, -0.2) is 130 Å². The van der Waals surface area contributed by atoms with Crippen LogP contribution >= 0.6 is 0 Å². The Kier molecular flexibility index (Phi) is 28.5. The monoisotopic (exact) mass is 1290 g/mol. The molecule has 4 fully saturated rings. The molecule has 4 aliphatic rings. The number of carbonyl (C=O) groups excluding carboxylic acids is 8. The molecule has 2 aromatic rings. The number of ether oxygens (including phenoxy) is 2.